The van der Waals surface area contributed by atoms with Gasteiger partial charge in [-0.3, -0.25) is 4.90 Å². The van der Waals surface area contributed by atoms with Crippen LogP contribution in [0, 0.1) is 5.92 Å². The highest BCUT2D eigenvalue weighted by atomic mass is 35.5. The van der Waals surface area contributed by atoms with E-state index < -0.39 is 0 Å². The van der Waals surface area contributed by atoms with E-state index in [1.54, 1.807) is 0 Å². The van der Waals surface area contributed by atoms with Crippen molar-refractivity contribution in [3.8, 4) is 0 Å². The molecular formula is C12H25ClN2O. The van der Waals surface area contributed by atoms with Crippen molar-refractivity contribution >= 4 is 12.4 Å². The number of likely N-dealkylation sites (N-methyl/N-ethyl adjacent to an activating group) is 1. The molecule has 0 atom stereocenters. The zero-order chi connectivity index (χ0) is 10.7. The molecule has 2 saturated carbocycles. The first-order chi connectivity index (χ1) is 7.27. The quantitative estimate of drug-likeness (QED) is 0.697. The minimum atomic E-state index is 0. The molecular weight excluding hydrogens is 224 g/mol. The molecule has 96 valence electrons. The maximum absolute atomic E-state index is 5.85. The standard InChI is InChI=1S/C12H24N2O.ClH/c1-14(12(10-13)5-2-6-12)7-8-15-9-11-3-4-11;/h11H,2-10,13H2,1H3;1H. The van der Waals surface area contributed by atoms with E-state index in [1.165, 1.54) is 32.1 Å². The zero-order valence-corrected chi connectivity index (χ0v) is 11.1. The Morgan fingerprint density at radius 2 is 2.06 bits per heavy atom. The van der Waals surface area contributed by atoms with Crippen molar-refractivity contribution in [3.05, 3.63) is 0 Å². The Bertz CT molecular complexity index is 200. The van der Waals surface area contributed by atoms with Gasteiger partial charge in [-0.25, -0.2) is 0 Å². The average Bonchev–Trinajstić information content (AvgIpc) is 2.95. The van der Waals surface area contributed by atoms with Crippen LogP contribution in [0.15, 0.2) is 0 Å². The summed E-state index contributed by atoms with van der Waals surface area (Å²) in [6, 6.07) is 0. The van der Waals surface area contributed by atoms with Gasteiger partial charge in [0.05, 0.1) is 6.61 Å². The van der Waals surface area contributed by atoms with E-state index >= 15 is 0 Å². The summed E-state index contributed by atoms with van der Waals surface area (Å²) >= 11 is 0. The molecule has 0 heterocycles. The van der Waals surface area contributed by atoms with E-state index in [-0.39, 0.29) is 12.4 Å². The first-order valence-corrected chi connectivity index (χ1v) is 6.26. The number of hydrogen-bond acceptors (Lipinski definition) is 3. The van der Waals surface area contributed by atoms with E-state index in [2.05, 4.69) is 11.9 Å². The molecule has 0 saturated heterocycles. The molecule has 3 nitrogen and oxygen atoms in total. The van der Waals surface area contributed by atoms with Crippen molar-refractivity contribution < 1.29 is 4.74 Å². The molecule has 0 amide bonds. The molecule has 0 aromatic rings. The minimum absolute atomic E-state index is 0. The molecule has 2 rings (SSSR count). The molecule has 0 bridgehead atoms. The first kappa shape index (κ1) is 14.2. The number of halogens is 1. The highest BCUT2D eigenvalue weighted by molar-refractivity contribution is 5.85. The lowest BCUT2D eigenvalue weighted by Gasteiger charge is -2.48. The minimum Gasteiger partial charge on any atom is -0.380 e. The molecule has 4 heteroatoms. The molecule has 16 heavy (non-hydrogen) atoms. The van der Waals surface area contributed by atoms with Crippen molar-refractivity contribution in [1.82, 2.24) is 4.90 Å². The number of nitrogens with two attached hydrogens (primary N) is 1. The molecule has 2 fully saturated rings. The summed E-state index contributed by atoms with van der Waals surface area (Å²) in [4.78, 5) is 2.41. The highest BCUT2D eigenvalue weighted by Crippen LogP contribution is 2.35. The van der Waals surface area contributed by atoms with E-state index in [1.807, 2.05) is 0 Å². The fraction of sp³-hybridized carbons (Fsp3) is 1.00. The van der Waals surface area contributed by atoms with Crippen LogP contribution in [0.5, 0.6) is 0 Å². The van der Waals surface area contributed by atoms with Gasteiger partial charge in [0.1, 0.15) is 0 Å². The van der Waals surface area contributed by atoms with Crippen LogP contribution in [0.2, 0.25) is 0 Å². The predicted octanol–water partition coefficient (Wildman–Crippen LogP) is 1.65. The SMILES string of the molecule is CN(CCOCC1CC1)C1(CN)CCC1.Cl. The molecule has 0 radical (unpaired) electrons. The largest absolute Gasteiger partial charge is 0.380 e. The molecule has 2 N–H and O–H groups in total. The van der Waals surface area contributed by atoms with Gasteiger partial charge in [-0.15, -0.1) is 12.4 Å². The fourth-order valence-electron chi connectivity index (χ4n) is 2.30. The van der Waals surface area contributed by atoms with Crippen molar-refractivity contribution in [2.45, 2.75) is 37.6 Å². The van der Waals surface area contributed by atoms with E-state index in [0.717, 1.165) is 32.2 Å². The van der Waals surface area contributed by atoms with Crippen molar-refractivity contribution in [2.75, 3.05) is 33.4 Å². The molecule has 0 spiro atoms. The van der Waals surface area contributed by atoms with Gasteiger partial charge >= 0.3 is 0 Å². The van der Waals surface area contributed by atoms with Crippen molar-refractivity contribution in [3.63, 3.8) is 0 Å². The van der Waals surface area contributed by atoms with Gasteiger partial charge in [-0.05, 0) is 45.1 Å². The normalized spacial score (nSPS) is 22.7. The van der Waals surface area contributed by atoms with E-state index in [9.17, 15) is 0 Å². The number of rotatable bonds is 7. The third-order valence-corrected chi connectivity index (χ3v) is 4.10. The topological polar surface area (TPSA) is 38.5 Å². The summed E-state index contributed by atoms with van der Waals surface area (Å²) in [6.07, 6.45) is 6.63. The molecule has 0 aromatic heterocycles. The molecule has 0 aromatic carbocycles. The Morgan fingerprint density at radius 3 is 2.50 bits per heavy atom. The Labute approximate surface area is 105 Å². The van der Waals surface area contributed by atoms with Crippen molar-refractivity contribution in [1.29, 1.82) is 0 Å². The lowest BCUT2D eigenvalue weighted by molar-refractivity contribution is 0.0160. The summed E-state index contributed by atoms with van der Waals surface area (Å²) in [6.45, 7) is 3.67. The number of hydrogen-bond donors (Lipinski definition) is 1. The van der Waals surface area contributed by atoms with Crippen LogP contribution >= 0.6 is 12.4 Å². The Kier molecular flexibility index (Phi) is 5.51. The lowest BCUT2D eigenvalue weighted by atomic mass is 9.75. The first-order valence-electron chi connectivity index (χ1n) is 6.26. The average molecular weight is 249 g/mol. The van der Waals surface area contributed by atoms with Gasteiger partial charge in [-0.1, -0.05) is 0 Å². The van der Waals surface area contributed by atoms with Gasteiger partial charge in [-0.2, -0.15) is 0 Å². The maximum atomic E-state index is 5.85. The second kappa shape index (κ2) is 6.20. The molecule has 2 aliphatic carbocycles. The second-order valence-electron chi connectivity index (χ2n) is 5.22. The maximum Gasteiger partial charge on any atom is 0.0593 e. The number of ether oxygens (including phenoxy) is 1. The van der Waals surface area contributed by atoms with E-state index in [4.69, 9.17) is 10.5 Å². The Hall–Kier alpha value is 0.170. The molecule has 0 unspecified atom stereocenters. The highest BCUT2D eigenvalue weighted by Gasteiger charge is 2.38. The Balaban J connectivity index is 0.00000128. The van der Waals surface area contributed by atoms with Gasteiger partial charge in [0.25, 0.3) is 0 Å². The van der Waals surface area contributed by atoms with Crippen LogP contribution in [-0.4, -0.2) is 43.8 Å². The van der Waals surface area contributed by atoms with Crippen molar-refractivity contribution in [2.24, 2.45) is 11.7 Å². The van der Waals surface area contributed by atoms with Crippen LogP contribution in [0.1, 0.15) is 32.1 Å². The predicted molar refractivity (Wildman–Crippen MR) is 69.1 cm³/mol. The Morgan fingerprint density at radius 1 is 1.38 bits per heavy atom. The van der Waals surface area contributed by atoms with Gasteiger partial charge in [0.15, 0.2) is 0 Å². The molecule has 0 aliphatic heterocycles. The fourth-order valence-corrected chi connectivity index (χ4v) is 2.30. The van der Waals surface area contributed by atoms with Crippen LogP contribution < -0.4 is 5.73 Å². The van der Waals surface area contributed by atoms with Gasteiger partial charge in [0, 0.05) is 25.2 Å². The van der Waals surface area contributed by atoms with Crippen LogP contribution in [0.3, 0.4) is 0 Å². The summed E-state index contributed by atoms with van der Waals surface area (Å²) in [7, 11) is 2.19. The van der Waals surface area contributed by atoms with Crippen LogP contribution in [0.25, 0.3) is 0 Å². The lowest BCUT2D eigenvalue weighted by Crippen LogP contribution is -2.57. The molecule has 2 aliphatic rings. The second-order valence-corrected chi connectivity index (χ2v) is 5.22. The third kappa shape index (κ3) is 3.33. The summed E-state index contributed by atoms with van der Waals surface area (Å²) in [5, 5.41) is 0. The summed E-state index contributed by atoms with van der Waals surface area (Å²) in [5.74, 6) is 0.877. The van der Waals surface area contributed by atoms with Gasteiger partial charge in [0.2, 0.25) is 0 Å². The van der Waals surface area contributed by atoms with Gasteiger partial charge < -0.3 is 10.5 Å². The van der Waals surface area contributed by atoms with Crippen LogP contribution in [0.4, 0.5) is 0 Å². The van der Waals surface area contributed by atoms with E-state index in [0.29, 0.717) is 5.54 Å². The zero-order valence-electron chi connectivity index (χ0n) is 10.3. The summed E-state index contributed by atoms with van der Waals surface area (Å²) < 4.78 is 5.65. The summed E-state index contributed by atoms with van der Waals surface area (Å²) in [5.41, 5.74) is 6.16. The monoisotopic (exact) mass is 248 g/mol. The van der Waals surface area contributed by atoms with Crippen LogP contribution in [-0.2, 0) is 4.74 Å². The smallest absolute Gasteiger partial charge is 0.0593 e. The number of nitrogens with zero attached hydrogens (tertiary/aromatic N) is 1. The third-order valence-electron chi connectivity index (χ3n) is 4.10.